The third kappa shape index (κ3) is 1.89. The number of pyridine rings is 3. The minimum Gasteiger partial charge on any atom is -0.339 e. The lowest BCUT2D eigenvalue weighted by Gasteiger charge is -2.02. The van der Waals surface area contributed by atoms with Crippen molar-refractivity contribution in [2.45, 2.75) is 0 Å². The molecule has 102 valence electrons. The minimum atomic E-state index is 0.400. The van der Waals surface area contributed by atoms with Crippen molar-refractivity contribution in [3.63, 3.8) is 0 Å². The zero-order valence-corrected chi connectivity index (χ0v) is 10.9. The smallest absolute Gasteiger partial charge is 0.149 e. The van der Waals surface area contributed by atoms with Gasteiger partial charge in [-0.1, -0.05) is 0 Å². The lowest BCUT2D eigenvalue weighted by atomic mass is 10.1. The Hall–Kier alpha value is -2.99. The van der Waals surface area contributed by atoms with Crippen LogP contribution in [0.2, 0.25) is 0 Å². The normalized spacial score (nSPS) is 11.1. The van der Waals surface area contributed by atoms with Gasteiger partial charge in [0.05, 0.1) is 11.2 Å². The SMILES string of the molecule is ONc1ccc(-c2ccc3c(n2)[nH]c2ccncc23)cn1. The monoisotopic (exact) mass is 277 g/mol. The van der Waals surface area contributed by atoms with Crippen molar-refractivity contribution >= 4 is 27.8 Å². The summed E-state index contributed by atoms with van der Waals surface area (Å²) in [6.07, 6.45) is 5.25. The van der Waals surface area contributed by atoms with Crippen LogP contribution < -0.4 is 5.48 Å². The number of fused-ring (bicyclic) bond motifs is 3. The van der Waals surface area contributed by atoms with Gasteiger partial charge in [-0.05, 0) is 30.3 Å². The van der Waals surface area contributed by atoms with Crippen molar-refractivity contribution in [3.8, 4) is 11.3 Å². The highest BCUT2D eigenvalue weighted by Crippen LogP contribution is 2.26. The molecule has 0 bridgehead atoms. The van der Waals surface area contributed by atoms with Crippen LogP contribution in [0.5, 0.6) is 0 Å². The topological polar surface area (TPSA) is 86.7 Å². The first-order valence-electron chi connectivity index (χ1n) is 6.44. The van der Waals surface area contributed by atoms with Crippen molar-refractivity contribution in [1.82, 2.24) is 19.9 Å². The molecule has 4 aromatic heterocycles. The number of nitrogens with zero attached hydrogens (tertiary/aromatic N) is 3. The van der Waals surface area contributed by atoms with Gasteiger partial charge in [-0.15, -0.1) is 0 Å². The van der Waals surface area contributed by atoms with Crippen molar-refractivity contribution in [3.05, 3.63) is 48.9 Å². The van der Waals surface area contributed by atoms with Crippen LogP contribution in [0.15, 0.2) is 48.9 Å². The van der Waals surface area contributed by atoms with E-state index in [1.165, 1.54) is 0 Å². The van der Waals surface area contributed by atoms with Crippen molar-refractivity contribution in [2.24, 2.45) is 0 Å². The van der Waals surface area contributed by atoms with E-state index in [-0.39, 0.29) is 0 Å². The van der Waals surface area contributed by atoms with Crippen LogP contribution >= 0.6 is 0 Å². The molecule has 0 unspecified atom stereocenters. The Morgan fingerprint density at radius 1 is 1.00 bits per heavy atom. The zero-order valence-electron chi connectivity index (χ0n) is 10.9. The zero-order chi connectivity index (χ0) is 14.2. The van der Waals surface area contributed by atoms with E-state index in [0.717, 1.165) is 33.2 Å². The molecule has 0 aliphatic heterocycles. The molecule has 0 saturated heterocycles. The second-order valence-corrected chi connectivity index (χ2v) is 4.68. The quantitative estimate of drug-likeness (QED) is 0.490. The van der Waals surface area contributed by atoms with E-state index in [0.29, 0.717) is 5.82 Å². The number of anilines is 1. The van der Waals surface area contributed by atoms with Crippen LogP contribution in [0.4, 0.5) is 5.82 Å². The van der Waals surface area contributed by atoms with Crippen LogP contribution in [0.25, 0.3) is 33.2 Å². The molecule has 3 N–H and O–H groups in total. The molecular weight excluding hydrogens is 266 g/mol. The molecule has 0 aromatic carbocycles. The number of aromatic amines is 1. The highest BCUT2D eigenvalue weighted by atomic mass is 16.5. The van der Waals surface area contributed by atoms with Gasteiger partial charge in [-0.3, -0.25) is 15.7 Å². The summed E-state index contributed by atoms with van der Waals surface area (Å²) in [4.78, 5) is 16.1. The van der Waals surface area contributed by atoms with Gasteiger partial charge in [0.15, 0.2) is 0 Å². The third-order valence-corrected chi connectivity index (χ3v) is 3.43. The van der Waals surface area contributed by atoms with Crippen LogP contribution in [-0.4, -0.2) is 25.1 Å². The summed E-state index contributed by atoms with van der Waals surface area (Å²) < 4.78 is 0. The lowest BCUT2D eigenvalue weighted by molar-refractivity contribution is 0.386. The first-order valence-corrected chi connectivity index (χ1v) is 6.44. The largest absolute Gasteiger partial charge is 0.339 e. The average molecular weight is 277 g/mol. The van der Waals surface area contributed by atoms with E-state index >= 15 is 0 Å². The number of H-pyrrole nitrogens is 1. The van der Waals surface area contributed by atoms with Gasteiger partial charge in [0, 0.05) is 34.9 Å². The number of rotatable bonds is 2. The van der Waals surface area contributed by atoms with Crippen molar-refractivity contribution < 1.29 is 5.21 Å². The molecule has 6 nitrogen and oxygen atoms in total. The Balaban J connectivity index is 1.87. The van der Waals surface area contributed by atoms with Crippen molar-refractivity contribution in [2.75, 3.05) is 5.48 Å². The number of aromatic nitrogens is 4. The summed E-state index contributed by atoms with van der Waals surface area (Å²) in [5.74, 6) is 0.400. The van der Waals surface area contributed by atoms with Gasteiger partial charge in [-0.2, -0.15) is 0 Å². The number of nitrogens with one attached hydrogen (secondary N) is 2. The van der Waals surface area contributed by atoms with E-state index in [1.54, 1.807) is 18.5 Å². The molecule has 0 aliphatic rings. The van der Waals surface area contributed by atoms with Gasteiger partial charge in [-0.25, -0.2) is 9.97 Å². The molecule has 21 heavy (non-hydrogen) atoms. The van der Waals surface area contributed by atoms with Gasteiger partial charge in [0.2, 0.25) is 0 Å². The summed E-state index contributed by atoms with van der Waals surface area (Å²) >= 11 is 0. The van der Waals surface area contributed by atoms with Gasteiger partial charge < -0.3 is 4.98 Å². The molecule has 4 heterocycles. The van der Waals surface area contributed by atoms with Gasteiger partial charge in [0.25, 0.3) is 0 Å². The molecule has 4 aromatic rings. The Morgan fingerprint density at radius 2 is 1.95 bits per heavy atom. The van der Waals surface area contributed by atoms with Gasteiger partial charge in [0.1, 0.15) is 11.5 Å². The van der Waals surface area contributed by atoms with Crippen LogP contribution in [0.3, 0.4) is 0 Å². The molecule has 0 spiro atoms. The Bertz CT molecular complexity index is 930. The highest BCUT2D eigenvalue weighted by Gasteiger charge is 2.07. The molecule has 0 fully saturated rings. The molecule has 0 amide bonds. The Morgan fingerprint density at radius 3 is 2.76 bits per heavy atom. The summed E-state index contributed by atoms with van der Waals surface area (Å²) in [6, 6.07) is 9.45. The maximum absolute atomic E-state index is 8.78. The summed E-state index contributed by atoms with van der Waals surface area (Å²) in [5, 5.41) is 10.9. The predicted molar refractivity (Wildman–Crippen MR) is 80.0 cm³/mol. The molecule has 6 heteroatoms. The number of hydrogen-bond acceptors (Lipinski definition) is 5. The van der Waals surface area contributed by atoms with Crippen molar-refractivity contribution in [1.29, 1.82) is 0 Å². The number of hydrogen-bond donors (Lipinski definition) is 3. The summed E-state index contributed by atoms with van der Waals surface area (Å²) in [7, 11) is 0. The van der Waals surface area contributed by atoms with Crippen LogP contribution in [0, 0.1) is 0 Å². The fourth-order valence-corrected chi connectivity index (χ4v) is 2.39. The maximum atomic E-state index is 8.78. The van der Waals surface area contributed by atoms with E-state index < -0.39 is 0 Å². The molecular formula is C15H11N5O. The molecule has 0 radical (unpaired) electrons. The third-order valence-electron chi connectivity index (χ3n) is 3.43. The molecule has 4 rings (SSSR count). The molecule has 0 aliphatic carbocycles. The van der Waals surface area contributed by atoms with E-state index in [4.69, 9.17) is 5.21 Å². The minimum absolute atomic E-state index is 0.400. The van der Waals surface area contributed by atoms with E-state index in [9.17, 15) is 0 Å². The van der Waals surface area contributed by atoms with E-state index in [1.807, 2.05) is 35.9 Å². The summed E-state index contributed by atoms with van der Waals surface area (Å²) in [6.45, 7) is 0. The van der Waals surface area contributed by atoms with E-state index in [2.05, 4.69) is 19.9 Å². The Kier molecular flexibility index (Phi) is 2.55. The maximum Gasteiger partial charge on any atom is 0.149 e. The second-order valence-electron chi connectivity index (χ2n) is 4.68. The highest BCUT2D eigenvalue weighted by molar-refractivity contribution is 6.05. The molecule has 0 saturated carbocycles. The molecule has 0 atom stereocenters. The summed E-state index contributed by atoms with van der Waals surface area (Å²) in [5.41, 5.74) is 5.54. The first-order chi connectivity index (χ1) is 10.3. The average Bonchev–Trinajstić information content (AvgIpc) is 2.92. The van der Waals surface area contributed by atoms with Crippen LogP contribution in [-0.2, 0) is 0 Å². The fraction of sp³-hybridized carbons (Fsp3) is 0. The second kappa shape index (κ2) is 4.53. The van der Waals surface area contributed by atoms with Crippen LogP contribution in [0.1, 0.15) is 0 Å². The fourth-order valence-electron chi connectivity index (χ4n) is 2.39. The van der Waals surface area contributed by atoms with Gasteiger partial charge >= 0.3 is 0 Å². The standard InChI is InChI=1S/C15H11N5O/c21-20-14-4-1-9(7-17-14)12-3-2-10-11-8-16-6-5-13(11)19-15(10)18-12/h1-8,21H,(H,17,20)(H,18,19). The Labute approximate surface area is 119 Å². The predicted octanol–water partition coefficient (Wildman–Crippen LogP) is 2.97. The lowest BCUT2D eigenvalue weighted by Crippen LogP contribution is -1.93. The first kappa shape index (κ1) is 11.8.